The molecule has 98 valence electrons. The van der Waals surface area contributed by atoms with Gasteiger partial charge in [0, 0.05) is 11.8 Å². The summed E-state index contributed by atoms with van der Waals surface area (Å²) in [4.78, 5) is 19.2. The minimum Gasteiger partial charge on any atom is -0.495 e. The van der Waals surface area contributed by atoms with E-state index in [1.165, 1.54) is 13.3 Å². The summed E-state index contributed by atoms with van der Waals surface area (Å²) < 4.78 is 5.06. The first-order chi connectivity index (χ1) is 9.02. The number of rotatable bonds is 3. The van der Waals surface area contributed by atoms with Crippen LogP contribution in [0.4, 0.5) is 0 Å². The molecule has 1 aromatic carbocycles. The fourth-order valence-electron chi connectivity index (χ4n) is 1.66. The van der Waals surface area contributed by atoms with Crippen LogP contribution in [0.3, 0.4) is 0 Å². The Kier molecular flexibility index (Phi) is 3.66. The zero-order valence-electron chi connectivity index (χ0n) is 10.3. The fraction of sp³-hybridized carbons (Fsp3) is 0.154. The monoisotopic (exact) mass is 278 g/mol. The van der Waals surface area contributed by atoms with E-state index in [9.17, 15) is 4.79 Å². The lowest BCUT2D eigenvalue weighted by Crippen LogP contribution is -2.04. The predicted octanol–water partition coefficient (Wildman–Crippen LogP) is 2.81. The van der Waals surface area contributed by atoms with Crippen LogP contribution in [0.2, 0.25) is 5.02 Å². The number of aromatic carboxylic acids is 1. The van der Waals surface area contributed by atoms with E-state index in [0.717, 1.165) is 0 Å². The molecule has 0 bridgehead atoms. The molecule has 0 saturated carbocycles. The van der Waals surface area contributed by atoms with Crippen LogP contribution in [-0.2, 0) is 0 Å². The van der Waals surface area contributed by atoms with Crippen LogP contribution in [0, 0.1) is 6.92 Å². The van der Waals surface area contributed by atoms with Crippen molar-refractivity contribution in [2.45, 2.75) is 6.92 Å². The van der Waals surface area contributed by atoms with Crippen LogP contribution in [0.5, 0.6) is 5.75 Å². The number of nitrogens with zero attached hydrogens (tertiary/aromatic N) is 2. The van der Waals surface area contributed by atoms with Gasteiger partial charge in [0.2, 0.25) is 0 Å². The quantitative estimate of drug-likeness (QED) is 0.934. The summed E-state index contributed by atoms with van der Waals surface area (Å²) in [6.45, 7) is 1.69. The highest BCUT2D eigenvalue weighted by atomic mass is 35.5. The molecule has 19 heavy (non-hydrogen) atoms. The number of benzene rings is 1. The van der Waals surface area contributed by atoms with Crippen molar-refractivity contribution >= 4 is 17.6 Å². The Hall–Kier alpha value is -2.14. The van der Waals surface area contributed by atoms with Crippen LogP contribution in [0.25, 0.3) is 11.3 Å². The van der Waals surface area contributed by atoms with Gasteiger partial charge in [0.05, 0.1) is 17.8 Å². The van der Waals surface area contributed by atoms with Gasteiger partial charge >= 0.3 is 5.97 Å². The molecule has 0 radical (unpaired) electrons. The molecular weight excluding hydrogens is 268 g/mol. The zero-order valence-corrected chi connectivity index (χ0v) is 11.1. The highest BCUT2D eigenvalue weighted by molar-refractivity contribution is 6.32. The molecule has 1 heterocycles. The number of hydrogen-bond acceptors (Lipinski definition) is 4. The zero-order chi connectivity index (χ0) is 14.0. The molecule has 0 aliphatic carbocycles. The lowest BCUT2D eigenvalue weighted by molar-refractivity contribution is 0.0697. The molecule has 2 aromatic rings. The van der Waals surface area contributed by atoms with Crippen LogP contribution in [-0.4, -0.2) is 28.2 Å². The highest BCUT2D eigenvalue weighted by Crippen LogP contribution is 2.30. The van der Waals surface area contributed by atoms with Crippen molar-refractivity contribution in [2.24, 2.45) is 0 Å². The minimum atomic E-state index is -1.08. The van der Waals surface area contributed by atoms with Crippen LogP contribution >= 0.6 is 11.6 Å². The maximum absolute atomic E-state index is 11.2. The third-order valence-corrected chi connectivity index (χ3v) is 2.86. The second kappa shape index (κ2) is 5.24. The van der Waals surface area contributed by atoms with E-state index in [0.29, 0.717) is 27.9 Å². The number of carboxylic acid groups (broad SMARTS) is 1. The van der Waals surface area contributed by atoms with E-state index in [-0.39, 0.29) is 5.56 Å². The standard InChI is InChI=1S/C13H11ClN2O3/c1-7-15-6-9(13(17)18)12(16-7)8-3-4-11(19-2)10(14)5-8/h3-6H,1-2H3,(H,17,18). The molecule has 0 fully saturated rings. The van der Waals surface area contributed by atoms with Gasteiger partial charge in [-0.2, -0.15) is 0 Å². The van der Waals surface area contributed by atoms with E-state index < -0.39 is 5.97 Å². The minimum absolute atomic E-state index is 0.0341. The first kappa shape index (κ1) is 13.3. The third kappa shape index (κ3) is 2.66. The Balaban J connectivity index is 2.61. The van der Waals surface area contributed by atoms with E-state index in [4.69, 9.17) is 21.4 Å². The third-order valence-electron chi connectivity index (χ3n) is 2.56. The molecule has 0 spiro atoms. The summed E-state index contributed by atoms with van der Waals surface area (Å²) in [6.07, 6.45) is 1.29. The number of carbonyl (C=O) groups is 1. The average molecular weight is 279 g/mol. The average Bonchev–Trinajstić information content (AvgIpc) is 2.38. The Morgan fingerprint density at radius 3 is 2.74 bits per heavy atom. The number of aryl methyl sites for hydroxylation is 1. The molecular formula is C13H11ClN2O3. The summed E-state index contributed by atoms with van der Waals surface area (Å²) in [5.74, 6) is -0.0676. The van der Waals surface area contributed by atoms with E-state index in [1.807, 2.05) is 0 Å². The number of carboxylic acids is 1. The molecule has 0 amide bonds. The van der Waals surface area contributed by atoms with E-state index in [2.05, 4.69) is 9.97 Å². The molecule has 0 saturated heterocycles. The number of methoxy groups -OCH3 is 1. The highest BCUT2D eigenvalue weighted by Gasteiger charge is 2.15. The van der Waals surface area contributed by atoms with Crippen molar-refractivity contribution in [2.75, 3.05) is 7.11 Å². The summed E-state index contributed by atoms with van der Waals surface area (Å²) in [5.41, 5.74) is 0.977. The topological polar surface area (TPSA) is 72.3 Å². The maximum Gasteiger partial charge on any atom is 0.339 e. The largest absolute Gasteiger partial charge is 0.495 e. The summed E-state index contributed by atoms with van der Waals surface area (Å²) in [6, 6.07) is 4.99. The number of hydrogen-bond donors (Lipinski definition) is 1. The van der Waals surface area contributed by atoms with E-state index >= 15 is 0 Å². The van der Waals surface area contributed by atoms with Crippen molar-refractivity contribution < 1.29 is 14.6 Å². The van der Waals surface area contributed by atoms with Gasteiger partial charge in [-0.25, -0.2) is 14.8 Å². The van der Waals surface area contributed by atoms with Gasteiger partial charge in [-0.1, -0.05) is 11.6 Å². The molecule has 1 N–H and O–H groups in total. The second-order valence-corrected chi connectivity index (χ2v) is 4.24. The Morgan fingerprint density at radius 2 is 2.16 bits per heavy atom. The molecule has 0 aliphatic rings. The lowest BCUT2D eigenvalue weighted by Gasteiger charge is -2.08. The van der Waals surface area contributed by atoms with Crippen LogP contribution in [0.1, 0.15) is 16.2 Å². The van der Waals surface area contributed by atoms with Gasteiger partial charge in [-0.05, 0) is 25.1 Å². The molecule has 5 nitrogen and oxygen atoms in total. The smallest absolute Gasteiger partial charge is 0.339 e. The number of halogens is 1. The van der Waals surface area contributed by atoms with Gasteiger partial charge in [0.1, 0.15) is 17.1 Å². The Labute approximate surface area is 114 Å². The summed E-state index contributed by atoms with van der Waals surface area (Å²) >= 11 is 6.04. The van der Waals surface area contributed by atoms with Crippen molar-refractivity contribution in [3.8, 4) is 17.0 Å². The maximum atomic E-state index is 11.2. The van der Waals surface area contributed by atoms with Crippen molar-refractivity contribution in [1.29, 1.82) is 0 Å². The Bertz CT molecular complexity index is 644. The van der Waals surface area contributed by atoms with Gasteiger partial charge in [0.15, 0.2) is 0 Å². The van der Waals surface area contributed by atoms with Crippen LogP contribution in [0.15, 0.2) is 24.4 Å². The van der Waals surface area contributed by atoms with E-state index in [1.54, 1.807) is 25.1 Å². The normalized spacial score (nSPS) is 10.3. The van der Waals surface area contributed by atoms with Crippen molar-refractivity contribution in [1.82, 2.24) is 9.97 Å². The first-order valence-corrected chi connectivity index (χ1v) is 5.81. The molecule has 0 unspecified atom stereocenters. The van der Waals surface area contributed by atoms with Gasteiger partial charge < -0.3 is 9.84 Å². The molecule has 6 heteroatoms. The van der Waals surface area contributed by atoms with Gasteiger partial charge in [-0.15, -0.1) is 0 Å². The molecule has 1 aromatic heterocycles. The van der Waals surface area contributed by atoms with Crippen LogP contribution < -0.4 is 4.74 Å². The molecule has 2 rings (SSSR count). The van der Waals surface area contributed by atoms with Crippen molar-refractivity contribution in [3.63, 3.8) is 0 Å². The van der Waals surface area contributed by atoms with Crippen molar-refractivity contribution in [3.05, 3.63) is 40.8 Å². The SMILES string of the molecule is COc1ccc(-c2nc(C)ncc2C(=O)O)cc1Cl. The van der Waals surface area contributed by atoms with Gasteiger partial charge in [-0.3, -0.25) is 0 Å². The predicted molar refractivity (Wildman–Crippen MR) is 70.7 cm³/mol. The summed E-state index contributed by atoms with van der Waals surface area (Å²) in [7, 11) is 1.51. The second-order valence-electron chi connectivity index (χ2n) is 3.83. The Morgan fingerprint density at radius 1 is 1.42 bits per heavy atom. The fourth-order valence-corrected chi connectivity index (χ4v) is 1.92. The molecule has 0 atom stereocenters. The molecule has 0 aliphatic heterocycles. The summed E-state index contributed by atoms with van der Waals surface area (Å²) in [5, 5.41) is 9.55. The number of ether oxygens (including phenoxy) is 1. The van der Waals surface area contributed by atoms with Gasteiger partial charge in [0.25, 0.3) is 0 Å². The first-order valence-electron chi connectivity index (χ1n) is 5.43. The lowest BCUT2D eigenvalue weighted by atomic mass is 10.1. The number of aromatic nitrogens is 2.